The van der Waals surface area contributed by atoms with Gasteiger partial charge in [-0.15, -0.1) is 0 Å². The molecule has 0 atom stereocenters. The van der Waals surface area contributed by atoms with Crippen molar-refractivity contribution in [1.29, 1.82) is 0 Å². The molecule has 5 nitrogen and oxygen atoms in total. The minimum absolute atomic E-state index is 0.0865. The summed E-state index contributed by atoms with van der Waals surface area (Å²) in [5.41, 5.74) is 4.21. The fourth-order valence-corrected chi connectivity index (χ4v) is 6.68. The van der Waals surface area contributed by atoms with Crippen LogP contribution in [0.25, 0.3) is 21.9 Å². The Kier molecular flexibility index (Phi) is 10.2. The Hall–Kier alpha value is -3.70. The molecule has 4 aromatic carbocycles. The van der Waals surface area contributed by atoms with Gasteiger partial charge in [0.05, 0.1) is 12.0 Å². The minimum Gasteiger partial charge on any atom is -0.455 e. The first-order valence-corrected chi connectivity index (χ1v) is 16.3. The van der Waals surface area contributed by atoms with Gasteiger partial charge in [-0.1, -0.05) is 84.9 Å². The zero-order valence-electron chi connectivity index (χ0n) is 26.3. The molecule has 0 aliphatic heterocycles. The van der Waals surface area contributed by atoms with E-state index in [2.05, 4.69) is 29.0 Å². The van der Waals surface area contributed by atoms with Crippen LogP contribution >= 0.6 is 24.1 Å². The van der Waals surface area contributed by atoms with E-state index in [-0.39, 0.29) is 18.2 Å². The van der Waals surface area contributed by atoms with Crippen LogP contribution < -0.4 is 4.72 Å². The molecule has 5 rings (SSSR count). The van der Waals surface area contributed by atoms with Crippen LogP contribution in [-0.2, 0) is 29.5 Å². The number of nitrogens with one attached hydrogen (secondary N) is 1. The molecule has 0 unspecified atom stereocenters. The second kappa shape index (κ2) is 14.0. The molecule has 1 heterocycles. The van der Waals surface area contributed by atoms with Gasteiger partial charge in [-0.2, -0.15) is 13.2 Å². The Balaban J connectivity index is 1.39. The summed E-state index contributed by atoms with van der Waals surface area (Å²) in [6.45, 7) is 6.49. The molecule has 0 saturated heterocycles. The van der Waals surface area contributed by atoms with Crippen molar-refractivity contribution in [2.24, 2.45) is 0 Å². The Bertz CT molecular complexity index is 1820. The van der Waals surface area contributed by atoms with Gasteiger partial charge in [0, 0.05) is 23.6 Å². The third kappa shape index (κ3) is 7.98. The molecule has 0 bridgehead atoms. The third-order valence-corrected chi connectivity index (χ3v) is 9.57. The number of benzene rings is 4. The molecule has 46 heavy (non-hydrogen) atoms. The fraction of sp³-hybridized carbons (Fsp3) is 0.250. The first kappa shape index (κ1) is 33.7. The van der Waals surface area contributed by atoms with E-state index in [1.807, 2.05) is 104 Å². The summed E-state index contributed by atoms with van der Waals surface area (Å²) >= 11 is 2.76. The Morgan fingerprint density at radius 1 is 0.848 bits per heavy atom. The highest BCUT2D eigenvalue weighted by molar-refractivity contribution is 7.97. The maximum atomic E-state index is 13.3. The van der Waals surface area contributed by atoms with Gasteiger partial charge in [0.25, 0.3) is 0 Å². The number of nitrogens with zero attached hydrogens (tertiary/aromatic N) is 2. The topological polar surface area (TPSA) is 48.7 Å². The lowest BCUT2D eigenvalue weighted by Crippen LogP contribution is -2.38. The zero-order valence-corrected chi connectivity index (χ0v) is 27.9. The van der Waals surface area contributed by atoms with E-state index in [1.54, 1.807) is 0 Å². The molecule has 1 N–H and O–H groups in total. The van der Waals surface area contributed by atoms with Gasteiger partial charge in [0.1, 0.15) is 5.76 Å². The van der Waals surface area contributed by atoms with Gasteiger partial charge in [0.15, 0.2) is 0 Å². The molecular weight excluding hydrogens is 628 g/mol. The van der Waals surface area contributed by atoms with E-state index in [0.717, 1.165) is 49.6 Å². The number of rotatable bonds is 11. The summed E-state index contributed by atoms with van der Waals surface area (Å²) in [5.74, 6) is -0.851. The molecule has 0 radical (unpaired) electrons. The average molecular weight is 664 g/mol. The highest BCUT2D eigenvalue weighted by atomic mass is 32.2. The molecular formula is C36H36F3N3O2S2. The van der Waals surface area contributed by atoms with E-state index < -0.39 is 17.4 Å². The zero-order chi connectivity index (χ0) is 33.1. The first-order valence-electron chi connectivity index (χ1n) is 14.7. The van der Waals surface area contributed by atoms with Crippen LogP contribution in [-0.4, -0.2) is 28.6 Å². The second-order valence-corrected chi connectivity index (χ2v) is 14.0. The Morgan fingerprint density at radius 3 is 2.28 bits per heavy atom. The predicted octanol–water partition coefficient (Wildman–Crippen LogP) is 9.66. The van der Waals surface area contributed by atoms with Crippen molar-refractivity contribution < 1.29 is 22.4 Å². The fourth-order valence-electron chi connectivity index (χ4n) is 5.00. The van der Waals surface area contributed by atoms with E-state index in [4.69, 9.17) is 4.42 Å². The molecule has 0 spiro atoms. The van der Waals surface area contributed by atoms with Crippen LogP contribution in [0, 0.1) is 6.92 Å². The van der Waals surface area contributed by atoms with Gasteiger partial charge in [0.2, 0.25) is 11.7 Å². The summed E-state index contributed by atoms with van der Waals surface area (Å²) in [6, 6.07) is 30.7. The van der Waals surface area contributed by atoms with Crippen molar-refractivity contribution in [3.05, 3.63) is 125 Å². The molecule has 0 aliphatic carbocycles. The van der Waals surface area contributed by atoms with Crippen molar-refractivity contribution >= 4 is 40.8 Å². The number of hydrogen-bond acceptors (Lipinski definition) is 6. The summed E-state index contributed by atoms with van der Waals surface area (Å²) in [7, 11) is 3.73. The quantitative estimate of drug-likeness (QED) is 0.142. The maximum absolute atomic E-state index is 13.3. The van der Waals surface area contributed by atoms with Crippen LogP contribution in [0.2, 0.25) is 0 Å². The maximum Gasteiger partial charge on any atom is 0.449 e. The number of hydrogen-bond donors (Lipinski definition) is 1. The molecule has 10 heteroatoms. The van der Waals surface area contributed by atoms with Crippen LogP contribution in [0.5, 0.6) is 0 Å². The normalized spacial score (nSPS) is 12.3. The minimum atomic E-state index is -4.54. The number of halogens is 3. The van der Waals surface area contributed by atoms with Crippen molar-refractivity contribution in [3.63, 3.8) is 0 Å². The molecule has 1 aromatic heterocycles. The largest absolute Gasteiger partial charge is 0.455 e. The lowest BCUT2D eigenvalue weighted by molar-refractivity contribution is -0.153. The van der Waals surface area contributed by atoms with Crippen LogP contribution in [0.4, 0.5) is 13.2 Å². The predicted molar refractivity (Wildman–Crippen MR) is 182 cm³/mol. The number of fused-ring (bicyclic) bond motifs is 1. The highest BCUT2D eigenvalue weighted by Crippen LogP contribution is 2.37. The van der Waals surface area contributed by atoms with Gasteiger partial charge in [-0.3, -0.25) is 9.52 Å². The van der Waals surface area contributed by atoms with Gasteiger partial charge in [-0.05, 0) is 97.5 Å². The SMILES string of the molecule is Cc1ccc2ccccc2c1SN(Cc1ccc(-c2cccc(C(C)(C)C(=O)NSN(C)C)c2)cc1)Cc1ccc(C(F)(F)F)o1. The van der Waals surface area contributed by atoms with E-state index in [0.29, 0.717) is 6.54 Å². The van der Waals surface area contributed by atoms with Crippen LogP contribution in [0.15, 0.2) is 106 Å². The van der Waals surface area contributed by atoms with Crippen molar-refractivity contribution in [1.82, 2.24) is 13.3 Å². The molecule has 0 saturated carbocycles. The Morgan fingerprint density at radius 2 is 1.59 bits per heavy atom. The van der Waals surface area contributed by atoms with Gasteiger partial charge < -0.3 is 4.42 Å². The number of carbonyl (C=O) groups is 1. The molecule has 1 amide bonds. The van der Waals surface area contributed by atoms with Gasteiger partial charge >= 0.3 is 6.18 Å². The average Bonchev–Trinajstić information content (AvgIpc) is 3.51. The smallest absolute Gasteiger partial charge is 0.449 e. The monoisotopic (exact) mass is 663 g/mol. The van der Waals surface area contributed by atoms with E-state index in [1.165, 1.54) is 30.1 Å². The van der Waals surface area contributed by atoms with E-state index >= 15 is 0 Å². The second-order valence-electron chi connectivity index (χ2n) is 11.8. The lowest BCUT2D eigenvalue weighted by atomic mass is 9.82. The van der Waals surface area contributed by atoms with E-state index in [9.17, 15) is 18.0 Å². The Labute approximate surface area is 276 Å². The number of carbonyl (C=O) groups excluding carboxylic acids is 1. The van der Waals surface area contributed by atoms with Crippen molar-refractivity contribution in [2.75, 3.05) is 14.1 Å². The van der Waals surface area contributed by atoms with Crippen LogP contribution in [0.1, 0.15) is 42.1 Å². The summed E-state index contributed by atoms with van der Waals surface area (Å²) in [4.78, 5) is 14.0. The van der Waals surface area contributed by atoms with Crippen LogP contribution in [0.3, 0.4) is 0 Å². The first-order chi connectivity index (χ1) is 21.8. The summed E-state index contributed by atoms with van der Waals surface area (Å²) in [5, 5.41) is 2.18. The lowest BCUT2D eigenvalue weighted by Gasteiger charge is -2.25. The van der Waals surface area contributed by atoms with Gasteiger partial charge in [-0.25, -0.2) is 8.61 Å². The number of amides is 1. The summed E-state index contributed by atoms with van der Waals surface area (Å²) in [6.07, 6.45) is -4.54. The number of aryl methyl sites for hydroxylation is 1. The molecule has 5 aromatic rings. The van der Waals surface area contributed by atoms with Crippen molar-refractivity contribution in [3.8, 4) is 11.1 Å². The van der Waals surface area contributed by atoms with Crippen molar-refractivity contribution in [2.45, 2.75) is 50.3 Å². The standard InChI is InChI=1S/C36H36F3N3O2S2/c1-24-13-16-27-9-6-7-12-31(27)33(24)45-42(23-30-19-20-32(44-30)36(37,38)39)22-25-14-17-26(18-15-25)28-10-8-11-29(21-28)35(2,3)34(43)40-46-41(4)5/h6-21H,22-23H2,1-5H3,(H,40,43). The summed E-state index contributed by atoms with van der Waals surface area (Å²) < 4.78 is 51.8. The third-order valence-electron chi connectivity index (χ3n) is 7.69. The highest BCUT2D eigenvalue weighted by Gasteiger charge is 2.35. The number of furan rings is 1. The molecule has 0 aliphatic rings. The molecule has 0 fully saturated rings. The number of alkyl halides is 3. The molecule has 240 valence electrons.